The fourth-order valence-corrected chi connectivity index (χ4v) is 5.05. The molecule has 2 saturated heterocycles. The molecular formula is C23H23N3O3S. The summed E-state index contributed by atoms with van der Waals surface area (Å²) >= 11 is 1.52. The highest BCUT2D eigenvalue weighted by molar-refractivity contribution is 7.22. The molecule has 2 aliphatic rings. The van der Waals surface area contributed by atoms with E-state index in [1.54, 1.807) is 21.9 Å². The van der Waals surface area contributed by atoms with Crippen LogP contribution in [0.3, 0.4) is 0 Å². The van der Waals surface area contributed by atoms with Gasteiger partial charge < -0.3 is 9.64 Å². The molecule has 2 aliphatic heterocycles. The maximum atomic E-state index is 13.5. The van der Waals surface area contributed by atoms with E-state index >= 15 is 0 Å². The summed E-state index contributed by atoms with van der Waals surface area (Å²) in [5.74, 6) is 0.0485. The fraction of sp³-hybridized carbons (Fsp3) is 0.348. The average Bonchev–Trinajstić information content (AvgIpc) is 3.52. The standard InChI is InChI=1S/C23H23N3O3S/c27-21-8-3-13-25(21)17-11-9-16(10-12-17)22(28)26(15-18-5-4-14-29-18)23-24-19-6-1-2-7-20(19)30-23/h1-2,6-7,9-12,18H,3-5,8,13-15H2. The minimum Gasteiger partial charge on any atom is -0.376 e. The first kappa shape index (κ1) is 19.2. The molecule has 2 amide bonds. The Kier molecular flexibility index (Phi) is 5.23. The van der Waals surface area contributed by atoms with Gasteiger partial charge in [0.15, 0.2) is 5.13 Å². The summed E-state index contributed by atoms with van der Waals surface area (Å²) < 4.78 is 6.86. The average molecular weight is 422 g/mol. The molecule has 0 aliphatic carbocycles. The molecule has 154 valence electrons. The van der Waals surface area contributed by atoms with E-state index in [2.05, 4.69) is 0 Å². The largest absolute Gasteiger partial charge is 0.376 e. The van der Waals surface area contributed by atoms with E-state index in [-0.39, 0.29) is 17.9 Å². The first-order valence-electron chi connectivity index (χ1n) is 10.4. The van der Waals surface area contributed by atoms with Gasteiger partial charge in [-0.15, -0.1) is 0 Å². The molecule has 30 heavy (non-hydrogen) atoms. The molecule has 3 heterocycles. The van der Waals surface area contributed by atoms with Crippen molar-refractivity contribution in [3.63, 3.8) is 0 Å². The van der Waals surface area contributed by atoms with Crippen molar-refractivity contribution in [2.24, 2.45) is 0 Å². The molecule has 1 unspecified atom stereocenters. The predicted octanol–water partition coefficient (Wildman–Crippen LogP) is 4.25. The number of ether oxygens (including phenoxy) is 1. The van der Waals surface area contributed by atoms with E-state index in [0.29, 0.717) is 23.7 Å². The highest BCUT2D eigenvalue weighted by atomic mass is 32.1. The Morgan fingerprint density at radius 1 is 1.17 bits per heavy atom. The van der Waals surface area contributed by atoms with E-state index in [4.69, 9.17) is 9.72 Å². The molecule has 3 aromatic rings. The minimum atomic E-state index is -0.0937. The van der Waals surface area contributed by atoms with Gasteiger partial charge in [-0.1, -0.05) is 23.5 Å². The maximum Gasteiger partial charge on any atom is 0.260 e. The molecule has 0 bridgehead atoms. The van der Waals surface area contributed by atoms with Crippen molar-refractivity contribution in [2.75, 3.05) is 29.5 Å². The number of carbonyl (C=O) groups excluding carboxylic acids is 2. The van der Waals surface area contributed by atoms with Crippen molar-refractivity contribution in [1.29, 1.82) is 0 Å². The Morgan fingerprint density at radius 3 is 2.70 bits per heavy atom. The Balaban J connectivity index is 1.44. The van der Waals surface area contributed by atoms with Crippen molar-refractivity contribution in [3.05, 3.63) is 54.1 Å². The summed E-state index contributed by atoms with van der Waals surface area (Å²) in [5, 5.41) is 0.690. The summed E-state index contributed by atoms with van der Waals surface area (Å²) in [6, 6.07) is 15.3. The van der Waals surface area contributed by atoms with Crippen LogP contribution in [0.2, 0.25) is 0 Å². The molecule has 1 aromatic heterocycles. The molecule has 1 atom stereocenters. The van der Waals surface area contributed by atoms with Gasteiger partial charge >= 0.3 is 0 Å². The van der Waals surface area contributed by atoms with Crippen molar-refractivity contribution < 1.29 is 14.3 Å². The van der Waals surface area contributed by atoms with E-state index in [1.165, 1.54) is 11.3 Å². The molecule has 0 N–H and O–H groups in total. The summed E-state index contributed by atoms with van der Waals surface area (Å²) in [6.45, 7) is 1.97. The second kappa shape index (κ2) is 8.16. The van der Waals surface area contributed by atoms with Crippen molar-refractivity contribution in [3.8, 4) is 0 Å². The molecule has 5 rings (SSSR count). The summed E-state index contributed by atoms with van der Waals surface area (Å²) in [5.41, 5.74) is 2.33. The van der Waals surface area contributed by atoms with Crippen LogP contribution in [0.15, 0.2) is 48.5 Å². The predicted molar refractivity (Wildman–Crippen MR) is 118 cm³/mol. The van der Waals surface area contributed by atoms with Crippen molar-refractivity contribution in [1.82, 2.24) is 4.98 Å². The lowest BCUT2D eigenvalue weighted by Gasteiger charge is -2.23. The molecule has 7 heteroatoms. The van der Waals surface area contributed by atoms with E-state index < -0.39 is 0 Å². The topological polar surface area (TPSA) is 62.7 Å². The van der Waals surface area contributed by atoms with Gasteiger partial charge in [-0.05, 0) is 55.7 Å². The Labute approximate surface area is 179 Å². The van der Waals surface area contributed by atoms with Gasteiger partial charge in [0, 0.05) is 30.8 Å². The van der Waals surface area contributed by atoms with Crippen LogP contribution in [-0.4, -0.2) is 42.6 Å². The van der Waals surface area contributed by atoms with E-state index in [9.17, 15) is 9.59 Å². The van der Waals surface area contributed by atoms with Crippen LogP contribution in [0.4, 0.5) is 10.8 Å². The number of rotatable bonds is 5. The molecule has 6 nitrogen and oxygen atoms in total. The second-order valence-corrected chi connectivity index (χ2v) is 8.72. The second-order valence-electron chi connectivity index (χ2n) is 7.71. The molecule has 2 aromatic carbocycles. The number of carbonyl (C=O) groups is 2. The third kappa shape index (κ3) is 3.70. The van der Waals surface area contributed by atoms with Crippen LogP contribution >= 0.6 is 11.3 Å². The smallest absolute Gasteiger partial charge is 0.260 e. The highest BCUT2D eigenvalue weighted by Crippen LogP contribution is 2.31. The number of fused-ring (bicyclic) bond motifs is 1. The van der Waals surface area contributed by atoms with E-state index in [0.717, 1.165) is 48.3 Å². The normalized spacial score (nSPS) is 19.0. The number of anilines is 2. The molecule has 0 saturated carbocycles. The van der Waals surface area contributed by atoms with Gasteiger partial charge in [0.05, 0.1) is 22.9 Å². The molecular weight excluding hydrogens is 398 g/mol. The zero-order valence-electron chi connectivity index (χ0n) is 16.6. The Morgan fingerprint density at radius 2 is 2.00 bits per heavy atom. The summed E-state index contributed by atoms with van der Waals surface area (Å²) in [4.78, 5) is 33.7. The number of hydrogen-bond donors (Lipinski definition) is 0. The van der Waals surface area contributed by atoms with Gasteiger partial charge in [0.1, 0.15) is 0 Å². The van der Waals surface area contributed by atoms with Crippen LogP contribution in [0.25, 0.3) is 10.2 Å². The molecule has 2 fully saturated rings. The van der Waals surface area contributed by atoms with E-state index in [1.807, 2.05) is 36.4 Å². The third-order valence-electron chi connectivity index (χ3n) is 5.67. The van der Waals surface area contributed by atoms with Crippen molar-refractivity contribution in [2.45, 2.75) is 31.8 Å². The number of aromatic nitrogens is 1. The highest BCUT2D eigenvalue weighted by Gasteiger charge is 2.27. The van der Waals surface area contributed by atoms with Gasteiger partial charge in [-0.25, -0.2) is 4.98 Å². The lowest BCUT2D eigenvalue weighted by Crippen LogP contribution is -2.37. The molecule has 0 spiro atoms. The van der Waals surface area contributed by atoms with Gasteiger partial charge in [-0.2, -0.15) is 0 Å². The van der Waals surface area contributed by atoms with Gasteiger partial charge in [-0.3, -0.25) is 14.5 Å². The number of amides is 2. The number of hydrogen-bond acceptors (Lipinski definition) is 5. The SMILES string of the molecule is O=C1CCCN1c1ccc(C(=O)N(CC2CCCO2)c2nc3ccccc3s2)cc1. The zero-order chi connectivity index (χ0) is 20.5. The van der Waals surface area contributed by atoms with Crippen LogP contribution in [0.1, 0.15) is 36.0 Å². The third-order valence-corrected chi connectivity index (χ3v) is 6.73. The number of para-hydroxylation sites is 1. The Hall–Kier alpha value is -2.77. The first-order chi connectivity index (χ1) is 14.7. The Bertz CT molecular complexity index is 1040. The van der Waals surface area contributed by atoms with Crippen LogP contribution in [-0.2, 0) is 9.53 Å². The lowest BCUT2D eigenvalue weighted by atomic mass is 10.1. The fourth-order valence-electron chi connectivity index (χ4n) is 4.08. The first-order valence-corrected chi connectivity index (χ1v) is 11.2. The number of thiazole rings is 1. The van der Waals surface area contributed by atoms with Crippen LogP contribution in [0.5, 0.6) is 0 Å². The van der Waals surface area contributed by atoms with Crippen LogP contribution < -0.4 is 9.80 Å². The molecule has 0 radical (unpaired) electrons. The maximum absolute atomic E-state index is 13.5. The van der Waals surface area contributed by atoms with Gasteiger partial charge in [0.2, 0.25) is 5.91 Å². The monoisotopic (exact) mass is 421 g/mol. The number of nitrogens with zero attached hydrogens (tertiary/aromatic N) is 3. The lowest BCUT2D eigenvalue weighted by molar-refractivity contribution is -0.117. The summed E-state index contributed by atoms with van der Waals surface area (Å²) in [6.07, 6.45) is 3.47. The zero-order valence-corrected chi connectivity index (χ0v) is 17.4. The quantitative estimate of drug-likeness (QED) is 0.618. The minimum absolute atomic E-state index is 0.0301. The number of benzene rings is 2. The van der Waals surface area contributed by atoms with Crippen LogP contribution in [0, 0.1) is 0 Å². The summed E-state index contributed by atoms with van der Waals surface area (Å²) in [7, 11) is 0. The van der Waals surface area contributed by atoms with Gasteiger partial charge in [0.25, 0.3) is 5.91 Å². The van der Waals surface area contributed by atoms with Crippen molar-refractivity contribution >= 4 is 44.2 Å².